The van der Waals surface area contributed by atoms with Gasteiger partial charge in [0.2, 0.25) is 5.95 Å². The summed E-state index contributed by atoms with van der Waals surface area (Å²) in [7, 11) is 0. The second-order valence-corrected chi connectivity index (χ2v) is 9.01. The molecule has 0 radical (unpaired) electrons. The van der Waals surface area contributed by atoms with Gasteiger partial charge in [0, 0.05) is 38.4 Å². The van der Waals surface area contributed by atoms with Crippen molar-refractivity contribution in [1.29, 1.82) is 0 Å². The summed E-state index contributed by atoms with van der Waals surface area (Å²) in [5.41, 5.74) is 3.58. The van der Waals surface area contributed by atoms with Crippen LogP contribution >= 0.6 is 0 Å². The minimum absolute atomic E-state index is 0.243. The molecule has 10 nitrogen and oxygen atoms in total. The average molecular weight is 469 g/mol. The molecule has 1 fully saturated rings. The van der Waals surface area contributed by atoms with Crippen LogP contribution in [-0.2, 0) is 6.54 Å². The average Bonchev–Trinajstić information content (AvgIpc) is 3.52. The first-order chi connectivity index (χ1) is 17.2. The maximum Gasteiger partial charge on any atom is 0.229 e. The molecule has 0 amide bonds. The number of pyridine rings is 1. The summed E-state index contributed by atoms with van der Waals surface area (Å²) in [5.74, 6) is 3.30. The molecule has 5 aromatic rings. The van der Waals surface area contributed by atoms with Crippen molar-refractivity contribution >= 4 is 39.8 Å². The molecule has 0 atom stereocenters. The molecule has 1 aliphatic rings. The fourth-order valence-electron chi connectivity index (χ4n) is 4.48. The molecule has 0 unspecified atom stereocenters. The van der Waals surface area contributed by atoms with Crippen molar-refractivity contribution in [2.24, 2.45) is 0 Å². The predicted molar refractivity (Wildman–Crippen MR) is 138 cm³/mol. The molecule has 35 heavy (non-hydrogen) atoms. The lowest BCUT2D eigenvalue weighted by molar-refractivity contribution is 0.609. The first kappa shape index (κ1) is 21.3. The van der Waals surface area contributed by atoms with Gasteiger partial charge in [-0.05, 0) is 38.1 Å². The largest absolute Gasteiger partial charge is 0.361 e. The zero-order chi connectivity index (χ0) is 23.8. The van der Waals surface area contributed by atoms with Crippen LogP contribution in [0.4, 0.5) is 17.6 Å². The van der Waals surface area contributed by atoms with Crippen LogP contribution in [0.15, 0.2) is 55.0 Å². The Morgan fingerprint density at radius 3 is 2.49 bits per heavy atom. The number of aromatic nitrogens is 7. The molecule has 2 N–H and O–H groups in total. The Morgan fingerprint density at radius 2 is 1.71 bits per heavy atom. The number of anilines is 3. The van der Waals surface area contributed by atoms with Crippen LogP contribution < -0.4 is 15.1 Å². The smallest absolute Gasteiger partial charge is 0.229 e. The lowest BCUT2D eigenvalue weighted by Gasteiger charge is -2.35. The first-order valence-corrected chi connectivity index (χ1v) is 12.0. The number of hydrogen-bond donors (Lipinski definition) is 2. The molecule has 10 heteroatoms. The second-order valence-electron chi connectivity index (χ2n) is 9.01. The summed E-state index contributed by atoms with van der Waals surface area (Å²) in [6.45, 7) is 8.16. The van der Waals surface area contributed by atoms with Gasteiger partial charge in [-0.3, -0.25) is 0 Å². The quantitative estimate of drug-likeness (QED) is 0.390. The summed E-state index contributed by atoms with van der Waals surface area (Å²) >= 11 is 0. The molecule has 178 valence electrons. The lowest BCUT2D eigenvalue weighted by Crippen LogP contribution is -2.47. The van der Waals surface area contributed by atoms with E-state index in [1.54, 1.807) is 0 Å². The third kappa shape index (κ3) is 4.11. The molecule has 1 aromatic carbocycles. The van der Waals surface area contributed by atoms with E-state index in [2.05, 4.69) is 59.5 Å². The van der Waals surface area contributed by atoms with Gasteiger partial charge in [0.1, 0.15) is 11.6 Å². The zero-order valence-electron chi connectivity index (χ0n) is 19.9. The van der Waals surface area contributed by atoms with Gasteiger partial charge in [0.25, 0.3) is 0 Å². The van der Waals surface area contributed by atoms with E-state index < -0.39 is 0 Å². The van der Waals surface area contributed by atoms with Crippen LogP contribution in [0.1, 0.15) is 25.7 Å². The fourth-order valence-corrected chi connectivity index (χ4v) is 4.48. The van der Waals surface area contributed by atoms with Crippen molar-refractivity contribution < 1.29 is 0 Å². The normalized spacial score (nSPS) is 14.4. The summed E-state index contributed by atoms with van der Waals surface area (Å²) in [4.78, 5) is 31.6. The molecule has 4 aromatic heterocycles. The summed E-state index contributed by atoms with van der Waals surface area (Å²) in [6.07, 6.45) is 3.69. The van der Waals surface area contributed by atoms with E-state index in [0.717, 1.165) is 65.8 Å². The van der Waals surface area contributed by atoms with E-state index in [0.29, 0.717) is 12.5 Å². The number of nitrogens with one attached hydrogen (secondary N) is 2. The molecule has 5 heterocycles. The van der Waals surface area contributed by atoms with Gasteiger partial charge in [0.15, 0.2) is 17.0 Å². The van der Waals surface area contributed by atoms with Gasteiger partial charge in [0.05, 0.1) is 23.9 Å². The van der Waals surface area contributed by atoms with Crippen molar-refractivity contribution in [1.82, 2.24) is 34.5 Å². The Hall–Kier alpha value is -4.21. The number of nitrogens with zero attached hydrogens (tertiary/aromatic N) is 8. The highest BCUT2D eigenvalue weighted by Gasteiger charge is 2.23. The Morgan fingerprint density at radius 1 is 0.914 bits per heavy atom. The third-order valence-electron chi connectivity index (χ3n) is 6.36. The molecule has 1 saturated heterocycles. The maximum absolute atomic E-state index is 4.95. The number of aromatic amines is 1. The van der Waals surface area contributed by atoms with Crippen LogP contribution in [-0.4, -0.2) is 60.6 Å². The van der Waals surface area contributed by atoms with Gasteiger partial charge < -0.3 is 24.7 Å². The van der Waals surface area contributed by atoms with Crippen molar-refractivity contribution in [2.75, 3.05) is 41.3 Å². The molecular weight excluding hydrogens is 440 g/mol. The number of fused-ring (bicyclic) bond motifs is 2. The van der Waals surface area contributed by atoms with Crippen LogP contribution in [0.2, 0.25) is 0 Å². The van der Waals surface area contributed by atoms with Gasteiger partial charge in [-0.2, -0.15) is 9.97 Å². The number of rotatable bonds is 6. The molecule has 0 spiro atoms. The third-order valence-corrected chi connectivity index (χ3v) is 6.36. The van der Waals surface area contributed by atoms with E-state index in [1.165, 1.54) is 0 Å². The Bertz CT molecular complexity index is 1410. The Balaban J connectivity index is 1.28. The molecule has 6 rings (SSSR count). The number of para-hydroxylation sites is 2. The monoisotopic (exact) mass is 468 g/mol. The molecular formula is C25H28N10. The number of piperazine rings is 1. The van der Waals surface area contributed by atoms with Crippen molar-refractivity contribution in [3.05, 3.63) is 60.8 Å². The summed E-state index contributed by atoms with van der Waals surface area (Å²) in [5, 5.41) is 3.46. The zero-order valence-corrected chi connectivity index (χ0v) is 19.9. The van der Waals surface area contributed by atoms with Crippen LogP contribution in [0, 0.1) is 0 Å². The van der Waals surface area contributed by atoms with Crippen molar-refractivity contribution in [2.45, 2.75) is 26.4 Å². The minimum atomic E-state index is 0.243. The Labute approximate surface area is 203 Å². The second kappa shape index (κ2) is 8.86. The van der Waals surface area contributed by atoms with E-state index >= 15 is 0 Å². The van der Waals surface area contributed by atoms with E-state index in [9.17, 15) is 0 Å². The highest BCUT2D eigenvalue weighted by Crippen LogP contribution is 2.26. The number of hydrogen-bond acceptors (Lipinski definition) is 8. The fraction of sp³-hybridized carbons (Fsp3) is 0.320. The van der Waals surface area contributed by atoms with Gasteiger partial charge in [-0.1, -0.05) is 18.2 Å². The van der Waals surface area contributed by atoms with Gasteiger partial charge >= 0.3 is 0 Å². The predicted octanol–water partition coefficient (Wildman–Crippen LogP) is 3.62. The van der Waals surface area contributed by atoms with Crippen molar-refractivity contribution in [3.63, 3.8) is 0 Å². The van der Waals surface area contributed by atoms with E-state index in [4.69, 9.17) is 9.97 Å². The Kier molecular flexibility index (Phi) is 5.40. The van der Waals surface area contributed by atoms with Gasteiger partial charge in [-0.15, -0.1) is 0 Å². The first-order valence-electron chi connectivity index (χ1n) is 12.0. The van der Waals surface area contributed by atoms with E-state index in [-0.39, 0.29) is 6.04 Å². The number of imidazole rings is 2. The minimum Gasteiger partial charge on any atom is -0.361 e. The van der Waals surface area contributed by atoms with Crippen LogP contribution in [0.25, 0.3) is 22.2 Å². The van der Waals surface area contributed by atoms with Crippen LogP contribution in [0.3, 0.4) is 0 Å². The van der Waals surface area contributed by atoms with E-state index in [1.807, 2.05) is 48.9 Å². The van der Waals surface area contributed by atoms with Crippen LogP contribution in [0.5, 0.6) is 0 Å². The molecule has 0 saturated carbocycles. The molecule has 0 aliphatic carbocycles. The SMILES string of the molecule is CC(C)n1cnc2c(NCc3nc4ccccc4[nH]3)nc(N3CCN(c4ccccn4)CC3)nc21. The number of benzene rings is 1. The molecule has 1 aliphatic heterocycles. The highest BCUT2D eigenvalue weighted by molar-refractivity contribution is 5.84. The standard InChI is InChI=1S/C25H28N10/c1-17(2)35-16-28-22-23(27-15-20-29-18-7-3-4-8-19(18)30-20)31-25(32-24(22)35)34-13-11-33(12-14-34)21-9-5-6-10-26-21/h3-10,16-17H,11-15H2,1-2H3,(H,29,30)(H,27,31,32). The molecule has 0 bridgehead atoms. The summed E-state index contributed by atoms with van der Waals surface area (Å²) in [6, 6.07) is 14.3. The summed E-state index contributed by atoms with van der Waals surface area (Å²) < 4.78 is 2.09. The lowest BCUT2D eigenvalue weighted by atomic mass is 10.3. The maximum atomic E-state index is 4.95. The number of H-pyrrole nitrogens is 1. The highest BCUT2D eigenvalue weighted by atomic mass is 15.3. The van der Waals surface area contributed by atoms with Gasteiger partial charge in [-0.25, -0.2) is 15.0 Å². The van der Waals surface area contributed by atoms with Crippen molar-refractivity contribution in [3.8, 4) is 0 Å². The topological polar surface area (TPSA) is 104 Å².